The summed E-state index contributed by atoms with van der Waals surface area (Å²) in [6.07, 6.45) is 0. The Hall–Kier alpha value is -0.750. The van der Waals surface area contributed by atoms with E-state index in [1.807, 2.05) is 0 Å². The molecule has 0 radical (unpaired) electrons. The maximum atomic E-state index is 11.1. The quantitative estimate of drug-likeness (QED) is 0.464. The molecule has 0 atom stereocenters. The van der Waals surface area contributed by atoms with Crippen LogP contribution in [-0.4, -0.2) is 49.5 Å². The number of thioether (sulfide) groups is 1. The van der Waals surface area contributed by atoms with E-state index in [4.69, 9.17) is 0 Å². The number of rotatable bonds is 0. The van der Waals surface area contributed by atoms with E-state index in [9.17, 15) is 9.59 Å². The maximum absolute atomic E-state index is 11.1. The molecule has 0 saturated carbocycles. The molecular formula is C8H15N3O2S. The minimum absolute atomic E-state index is 0.00910. The van der Waals surface area contributed by atoms with Gasteiger partial charge in [0.2, 0.25) is 11.8 Å². The lowest BCUT2D eigenvalue weighted by Crippen LogP contribution is -2.38. The zero-order chi connectivity index (χ0) is 10.2. The summed E-state index contributed by atoms with van der Waals surface area (Å²) in [5, 5.41) is 8.63. The van der Waals surface area contributed by atoms with Gasteiger partial charge in [0, 0.05) is 26.2 Å². The molecule has 1 saturated heterocycles. The molecule has 0 aromatic carbocycles. The Morgan fingerprint density at radius 2 is 1.36 bits per heavy atom. The molecule has 0 aromatic heterocycles. The van der Waals surface area contributed by atoms with E-state index >= 15 is 0 Å². The lowest BCUT2D eigenvalue weighted by atomic mass is 10.5. The van der Waals surface area contributed by atoms with Crippen LogP contribution in [0, 0.1) is 0 Å². The van der Waals surface area contributed by atoms with Gasteiger partial charge in [-0.3, -0.25) is 9.59 Å². The van der Waals surface area contributed by atoms with E-state index in [1.54, 1.807) is 0 Å². The van der Waals surface area contributed by atoms with Crippen molar-refractivity contribution in [2.24, 2.45) is 0 Å². The largest absolute Gasteiger partial charge is 0.354 e. The smallest absolute Gasteiger partial charge is 0.230 e. The molecule has 1 fully saturated rings. The second-order valence-electron chi connectivity index (χ2n) is 2.94. The van der Waals surface area contributed by atoms with Crippen LogP contribution in [0.5, 0.6) is 0 Å². The predicted molar refractivity (Wildman–Crippen MR) is 56.2 cm³/mol. The number of nitrogens with one attached hydrogen (secondary N) is 3. The predicted octanol–water partition coefficient (Wildman–Crippen LogP) is -1.44. The van der Waals surface area contributed by atoms with Gasteiger partial charge in [-0.2, -0.15) is 0 Å². The van der Waals surface area contributed by atoms with Crippen LogP contribution in [0.25, 0.3) is 0 Å². The van der Waals surface area contributed by atoms with Gasteiger partial charge in [0.25, 0.3) is 0 Å². The molecule has 5 nitrogen and oxygen atoms in total. The van der Waals surface area contributed by atoms with Gasteiger partial charge in [0.1, 0.15) is 0 Å². The van der Waals surface area contributed by atoms with Gasteiger partial charge in [-0.05, 0) is 0 Å². The normalized spacial score (nSPS) is 21.4. The standard InChI is InChI=1S/C8H15N3O2S/c12-7-5-14-6-8(13)11-4-2-9-1-3-10-7/h9H,1-6H2,(H,10,12)(H,11,13). The monoisotopic (exact) mass is 217 g/mol. The van der Waals surface area contributed by atoms with Crippen LogP contribution < -0.4 is 16.0 Å². The topological polar surface area (TPSA) is 70.2 Å². The van der Waals surface area contributed by atoms with Gasteiger partial charge in [0.05, 0.1) is 11.5 Å². The first kappa shape index (κ1) is 11.3. The molecule has 0 spiro atoms. The number of hydrogen-bond donors (Lipinski definition) is 3. The van der Waals surface area contributed by atoms with E-state index in [2.05, 4.69) is 16.0 Å². The maximum Gasteiger partial charge on any atom is 0.230 e. The van der Waals surface area contributed by atoms with Gasteiger partial charge in [-0.15, -0.1) is 11.8 Å². The van der Waals surface area contributed by atoms with Crippen LogP contribution in [0.1, 0.15) is 0 Å². The first-order valence-corrected chi connectivity index (χ1v) is 5.76. The number of amides is 2. The fourth-order valence-electron chi connectivity index (χ4n) is 1.04. The molecule has 0 aromatic rings. The highest BCUT2D eigenvalue weighted by Crippen LogP contribution is 1.98. The van der Waals surface area contributed by atoms with Crippen molar-refractivity contribution in [2.75, 3.05) is 37.7 Å². The molecule has 6 heteroatoms. The van der Waals surface area contributed by atoms with Crippen molar-refractivity contribution in [3.63, 3.8) is 0 Å². The summed E-state index contributed by atoms with van der Waals surface area (Å²) in [6.45, 7) is 2.78. The Labute approximate surface area is 87.4 Å². The average molecular weight is 217 g/mol. The van der Waals surface area contributed by atoms with Crippen molar-refractivity contribution in [2.45, 2.75) is 0 Å². The van der Waals surface area contributed by atoms with E-state index < -0.39 is 0 Å². The fourth-order valence-corrected chi connectivity index (χ4v) is 1.72. The first-order chi connectivity index (χ1) is 6.79. The van der Waals surface area contributed by atoms with Gasteiger partial charge < -0.3 is 16.0 Å². The lowest BCUT2D eigenvalue weighted by molar-refractivity contribution is -0.118. The minimum atomic E-state index is -0.00910. The second-order valence-corrected chi connectivity index (χ2v) is 3.93. The molecule has 14 heavy (non-hydrogen) atoms. The molecule has 1 rings (SSSR count). The zero-order valence-corrected chi connectivity index (χ0v) is 8.78. The number of hydrogen-bond acceptors (Lipinski definition) is 4. The molecule has 1 heterocycles. The summed E-state index contributed by atoms with van der Waals surface area (Å²) in [5.41, 5.74) is 0. The van der Waals surface area contributed by atoms with Crippen molar-refractivity contribution in [3.8, 4) is 0 Å². The van der Waals surface area contributed by atoms with Gasteiger partial charge in [-0.25, -0.2) is 0 Å². The molecule has 0 bridgehead atoms. The Morgan fingerprint density at radius 1 is 0.857 bits per heavy atom. The molecule has 3 N–H and O–H groups in total. The van der Waals surface area contributed by atoms with Crippen LogP contribution in [0.2, 0.25) is 0 Å². The minimum Gasteiger partial charge on any atom is -0.354 e. The van der Waals surface area contributed by atoms with E-state index in [0.717, 1.165) is 13.1 Å². The third kappa shape index (κ3) is 5.08. The summed E-state index contributed by atoms with van der Waals surface area (Å²) in [6, 6.07) is 0. The van der Waals surface area contributed by atoms with Crippen LogP contribution in [0.3, 0.4) is 0 Å². The molecule has 80 valence electrons. The number of carbonyl (C=O) groups excluding carboxylic acids is 2. The number of carbonyl (C=O) groups is 2. The Bertz CT molecular complexity index is 191. The molecule has 1 aliphatic rings. The Kier molecular flexibility index (Phi) is 5.39. The summed E-state index contributed by atoms with van der Waals surface area (Å²) in [5.74, 6) is 0.691. The van der Waals surface area contributed by atoms with Gasteiger partial charge >= 0.3 is 0 Å². The van der Waals surface area contributed by atoms with Gasteiger partial charge in [-0.1, -0.05) is 0 Å². The van der Waals surface area contributed by atoms with Crippen LogP contribution in [0.15, 0.2) is 0 Å². The third-order valence-electron chi connectivity index (χ3n) is 1.71. The Morgan fingerprint density at radius 3 is 1.86 bits per heavy atom. The van der Waals surface area contributed by atoms with E-state index in [0.29, 0.717) is 24.6 Å². The van der Waals surface area contributed by atoms with E-state index in [1.165, 1.54) is 11.8 Å². The Balaban J connectivity index is 2.28. The van der Waals surface area contributed by atoms with Crippen molar-refractivity contribution in [1.82, 2.24) is 16.0 Å². The summed E-state index contributed by atoms with van der Waals surface area (Å²) in [7, 11) is 0. The first-order valence-electron chi connectivity index (χ1n) is 4.61. The summed E-state index contributed by atoms with van der Waals surface area (Å²) in [4.78, 5) is 22.2. The van der Waals surface area contributed by atoms with Crippen molar-refractivity contribution in [1.29, 1.82) is 0 Å². The molecule has 0 aliphatic carbocycles. The van der Waals surface area contributed by atoms with Gasteiger partial charge in [0.15, 0.2) is 0 Å². The fraction of sp³-hybridized carbons (Fsp3) is 0.750. The van der Waals surface area contributed by atoms with Crippen molar-refractivity contribution < 1.29 is 9.59 Å². The van der Waals surface area contributed by atoms with Crippen LogP contribution in [0.4, 0.5) is 0 Å². The molecule has 1 aliphatic heterocycles. The highest BCUT2D eigenvalue weighted by molar-refractivity contribution is 8.00. The molecular weight excluding hydrogens is 202 g/mol. The molecule has 0 unspecified atom stereocenters. The second kappa shape index (κ2) is 6.67. The van der Waals surface area contributed by atoms with Crippen LogP contribution in [-0.2, 0) is 9.59 Å². The molecule has 2 amide bonds. The van der Waals surface area contributed by atoms with Crippen molar-refractivity contribution in [3.05, 3.63) is 0 Å². The van der Waals surface area contributed by atoms with E-state index in [-0.39, 0.29) is 11.8 Å². The lowest BCUT2D eigenvalue weighted by Gasteiger charge is -2.10. The highest BCUT2D eigenvalue weighted by atomic mass is 32.2. The van der Waals surface area contributed by atoms with Crippen LogP contribution >= 0.6 is 11.8 Å². The SMILES string of the molecule is O=C1CSCC(=O)NCCNCCN1. The van der Waals surface area contributed by atoms with Crippen molar-refractivity contribution >= 4 is 23.6 Å². The average Bonchev–Trinajstić information content (AvgIpc) is 2.14. The third-order valence-corrected chi connectivity index (χ3v) is 2.65. The summed E-state index contributed by atoms with van der Waals surface area (Å²) >= 11 is 1.34. The highest BCUT2D eigenvalue weighted by Gasteiger charge is 2.05. The zero-order valence-electron chi connectivity index (χ0n) is 7.97. The summed E-state index contributed by atoms with van der Waals surface area (Å²) < 4.78 is 0.